The Hall–Kier alpha value is -1.29. The van der Waals surface area contributed by atoms with Gasteiger partial charge >= 0.3 is 0 Å². The Kier molecular flexibility index (Phi) is 2.24. The fourth-order valence-electron chi connectivity index (χ4n) is 2.59. The molecule has 0 radical (unpaired) electrons. The normalized spacial score (nSPS) is 28.4. The summed E-state index contributed by atoms with van der Waals surface area (Å²) in [5, 5.41) is 0. The third kappa shape index (κ3) is 1.45. The Bertz CT molecular complexity index is 400. The Morgan fingerprint density at radius 1 is 1.38 bits per heavy atom. The van der Waals surface area contributed by atoms with Gasteiger partial charge in [0, 0.05) is 30.5 Å². The second kappa shape index (κ2) is 3.63. The van der Waals surface area contributed by atoms with Gasteiger partial charge in [0.05, 0.1) is 19.5 Å². The maximum absolute atomic E-state index is 12.2. The maximum atomic E-state index is 12.2. The predicted molar refractivity (Wildman–Crippen MR) is 57.1 cm³/mol. The number of carbonyl (C=O) groups is 1. The third-order valence-electron chi connectivity index (χ3n) is 3.58. The summed E-state index contributed by atoms with van der Waals surface area (Å²) >= 11 is 0. The number of amides is 1. The van der Waals surface area contributed by atoms with Gasteiger partial charge in [-0.1, -0.05) is 0 Å². The summed E-state index contributed by atoms with van der Waals surface area (Å²) in [6, 6.07) is 1.83. The van der Waals surface area contributed by atoms with E-state index < -0.39 is 0 Å². The zero-order chi connectivity index (χ0) is 11.1. The first-order valence-corrected chi connectivity index (χ1v) is 5.67. The van der Waals surface area contributed by atoms with E-state index >= 15 is 0 Å². The van der Waals surface area contributed by atoms with Crippen molar-refractivity contribution in [2.45, 2.75) is 6.92 Å². The number of likely N-dealkylation sites (tertiary alicyclic amines) is 1. The van der Waals surface area contributed by atoms with E-state index in [0.717, 1.165) is 31.9 Å². The van der Waals surface area contributed by atoms with Gasteiger partial charge in [0.2, 0.25) is 0 Å². The van der Waals surface area contributed by atoms with Crippen LogP contribution in [-0.2, 0) is 4.74 Å². The van der Waals surface area contributed by atoms with E-state index in [2.05, 4.69) is 0 Å². The van der Waals surface area contributed by atoms with Gasteiger partial charge in [0.25, 0.3) is 5.91 Å². The predicted octanol–water partition coefficient (Wildman–Crippen LogP) is 1.31. The summed E-state index contributed by atoms with van der Waals surface area (Å²) in [6.45, 7) is 5.11. The van der Waals surface area contributed by atoms with Crippen LogP contribution in [0.15, 0.2) is 16.7 Å². The van der Waals surface area contributed by atoms with Crippen LogP contribution >= 0.6 is 0 Å². The lowest BCUT2D eigenvalue weighted by Crippen LogP contribution is -2.30. The van der Waals surface area contributed by atoms with Gasteiger partial charge in [0.1, 0.15) is 0 Å². The Morgan fingerprint density at radius 2 is 2.06 bits per heavy atom. The van der Waals surface area contributed by atoms with E-state index in [1.54, 1.807) is 6.26 Å². The van der Waals surface area contributed by atoms with Crippen LogP contribution in [0.1, 0.15) is 16.1 Å². The topological polar surface area (TPSA) is 42.7 Å². The molecule has 1 aromatic rings. The Balaban J connectivity index is 1.75. The first-order chi connectivity index (χ1) is 7.75. The molecule has 0 bridgehead atoms. The van der Waals surface area contributed by atoms with Crippen LogP contribution in [-0.4, -0.2) is 37.1 Å². The lowest BCUT2D eigenvalue weighted by Gasteiger charge is -2.16. The van der Waals surface area contributed by atoms with E-state index in [9.17, 15) is 4.79 Å². The van der Waals surface area contributed by atoms with Gasteiger partial charge in [0.15, 0.2) is 5.76 Å². The van der Waals surface area contributed by atoms with Crippen LogP contribution in [0.2, 0.25) is 0 Å². The van der Waals surface area contributed by atoms with E-state index in [-0.39, 0.29) is 5.91 Å². The highest BCUT2D eigenvalue weighted by atomic mass is 16.5. The van der Waals surface area contributed by atoms with Crippen molar-refractivity contribution in [1.82, 2.24) is 4.90 Å². The number of nitrogens with zero attached hydrogens (tertiary/aromatic N) is 1. The van der Waals surface area contributed by atoms with Crippen LogP contribution in [0, 0.1) is 18.8 Å². The lowest BCUT2D eigenvalue weighted by atomic mass is 10.0. The molecule has 16 heavy (non-hydrogen) atoms. The fourth-order valence-corrected chi connectivity index (χ4v) is 2.59. The van der Waals surface area contributed by atoms with Crippen LogP contribution in [0.25, 0.3) is 0 Å². The summed E-state index contributed by atoms with van der Waals surface area (Å²) in [6.07, 6.45) is 1.57. The van der Waals surface area contributed by atoms with Crippen LogP contribution < -0.4 is 0 Å². The molecule has 2 aliphatic heterocycles. The van der Waals surface area contributed by atoms with Gasteiger partial charge in [-0.25, -0.2) is 0 Å². The first kappa shape index (κ1) is 9.90. The number of ether oxygens (including phenoxy) is 1. The largest absolute Gasteiger partial charge is 0.459 e. The monoisotopic (exact) mass is 221 g/mol. The highest BCUT2D eigenvalue weighted by Crippen LogP contribution is 2.30. The minimum Gasteiger partial charge on any atom is -0.459 e. The third-order valence-corrected chi connectivity index (χ3v) is 3.58. The minimum absolute atomic E-state index is 0.0249. The van der Waals surface area contributed by atoms with Crippen LogP contribution in [0.3, 0.4) is 0 Å². The fraction of sp³-hybridized carbons (Fsp3) is 0.583. The zero-order valence-corrected chi connectivity index (χ0v) is 9.31. The Morgan fingerprint density at radius 3 is 2.62 bits per heavy atom. The van der Waals surface area contributed by atoms with Crippen molar-refractivity contribution in [2.24, 2.45) is 11.8 Å². The van der Waals surface area contributed by atoms with Gasteiger partial charge < -0.3 is 14.1 Å². The average Bonchev–Trinajstić information content (AvgIpc) is 2.89. The molecule has 3 heterocycles. The van der Waals surface area contributed by atoms with E-state index in [0.29, 0.717) is 17.6 Å². The van der Waals surface area contributed by atoms with E-state index in [1.165, 1.54) is 0 Å². The quantitative estimate of drug-likeness (QED) is 0.718. The summed E-state index contributed by atoms with van der Waals surface area (Å²) in [4.78, 5) is 14.0. The molecule has 0 saturated carbocycles. The summed E-state index contributed by atoms with van der Waals surface area (Å²) < 4.78 is 10.6. The summed E-state index contributed by atoms with van der Waals surface area (Å²) in [5.41, 5.74) is 0.915. The van der Waals surface area contributed by atoms with Crippen molar-refractivity contribution >= 4 is 5.91 Å². The van der Waals surface area contributed by atoms with Crippen LogP contribution in [0.4, 0.5) is 0 Å². The zero-order valence-electron chi connectivity index (χ0n) is 9.31. The number of rotatable bonds is 1. The number of fused-ring (bicyclic) bond motifs is 1. The molecular formula is C12H15NO3. The molecule has 2 saturated heterocycles. The van der Waals surface area contributed by atoms with Crippen molar-refractivity contribution < 1.29 is 13.9 Å². The molecule has 0 aliphatic carbocycles. The van der Waals surface area contributed by atoms with Crippen molar-refractivity contribution in [3.8, 4) is 0 Å². The van der Waals surface area contributed by atoms with Crippen molar-refractivity contribution in [1.29, 1.82) is 0 Å². The van der Waals surface area contributed by atoms with Crippen molar-refractivity contribution in [3.05, 3.63) is 23.7 Å². The van der Waals surface area contributed by atoms with Crippen molar-refractivity contribution in [2.75, 3.05) is 26.3 Å². The molecule has 0 N–H and O–H groups in total. The molecule has 1 aromatic heterocycles. The van der Waals surface area contributed by atoms with Crippen molar-refractivity contribution in [3.63, 3.8) is 0 Å². The highest BCUT2D eigenvalue weighted by Gasteiger charge is 2.39. The second-order valence-electron chi connectivity index (χ2n) is 4.70. The van der Waals surface area contributed by atoms with Gasteiger partial charge in [-0.05, 0) is 13.0 Å². The lowest BCUT2D eigenvalue weighted by molar-refractivity contribution is 0.0719. The van der Waals surface area contributed by atoms with E-state index in [1.807, 2.05) is 17.9 Å². The molecule has 0 aromatic carbocycles. The van der Waals surface area contributed by atoms with Gasteiger partial charge in [-0.15, -0.1) is 0 Å². The average molecular weight is 221 g/mol. The number of hydrogen-bond donors (Lipinski definition) is 0. The summed E-state index contributed by atoms with van der Waals surface area (Å²) in [5.74, 6) is 1.57. The molecule has 4 heteroatoms. The molecular weight excluding hydrogens is 206 g/mol. The molecule has 2 fully saturated rings. The number of carbonyl (C=O) groups excluding carboxylic acids is 1. The number of hydrogen-bond acceptors (Lipinski definition) is 3. The summed E-state index contributed by atoms with van der Waals surface area (Å²) in [7, 11) is 0. The molecule has 1 amide bonds. The highest BCUT2D eigenvalue weighted by molar-refractivity contribution is 5.93. The standard InChI is InChI=1S/C12H15NO3/c1-8-2-3-16-11(8)12(14)13-4-9-6-15-7-10(9)5-13/h2-3,9-10H,4-7H2,1H3/t9-,10-/m0/s1. The van der Waals surface area contributed by atoms with Gasteiger partial charge in [-0.2, -0.15) is 0 Å². The minimum atomic E-state index is 0.0249. The molecule has 0 unspecified atom stereocenters. The maximum Gasteiger partial charge on any atom is 0.289 e. The molecule has 2 atom stereocenters. The molecule has 0 spiro atoms. The SMILES string of the molecule is Cc1ccoc1C(=O)N1C[C@H]2COC[C@@H]2C1. The van der Waals surface area contributed by atoms with Crippen LogP contribution in [0.5, 0.6) is 0 Å². The molecule has 3 rings (SSSR count). The molecule has 2 aliphatic rings. The molecule has 4 nitrogen and oxygen atoms in total. The van der Waals surface area contributed by atoms with Gasteiger partial charge in [-0.3, -0.25) is 4.79 Å². The Labute approximate surface area is 94.2 Å². The number of furan rings is 1. The molecule has 86 valence electrons. The second-order valence-corrected chi connectivity index (χ2v) is 4.70. The first-order valence-electron chi connectivity index (χ1n) is 5.67. The van der Waals surface area contributed by atoms with E-state index in [4.69, 9.17) is 9.15 Å². The smallest absolute Gasteiger partial charge is 0.289 e. The number of aryl methyl sites for hydroxylation is 1.